The first-order chi connectivity index (χ1) is 10.9. The highest BCUT2D eigenvalue weighted by atomic mass is 35.5. The van der Waals surface area contributed by atoms with E-state index in [2.05, 4.69) is 10.4 Å². The van der Waals surface area contributed by atoms with Crippen molar-refractivity contribution < 1.29 is 9.59 Å². The zero-order chi connectivity index (χ0) is 16.7. The Bertz CT molecular complexity index is 813. The fourth-order valence-electron chi connectivity index (χ4n) is 2.89. The molecule has 0 saturated carbocycles. The van der Waals surface area contributed by atoms with Crippen LogP contribution in [0.15, 0.2) is 18.2 Å². The summed E-state index contributed by atoms with van der Waals surface area (Å²) in [4.78, 5) is 25.7. The maximum Gasteiger partial charge on any atom is 0.260 e. The van der Waals surface area contributed by atoms with Crippen molar-refractivity contribution in [3.05, 3.63) is 40.2 Å². The number of amides is 2. The van der Waals surface area contributed by atoms with Gasteiger partial charge in [-0.1, -0.05) is 11.6 Å². The van der Waals surface area contributed by atoms with Crippen LogP contribution in [0, 0.1) is 6.92 Å². The molecule has 6 nitrogen and oxygen atoms in total. The Morgan fingerprint density at radius 3 is 2.70 bits per heavy atom. The molecule has 3 rings (SSSR count). The van der Waals surface area contributed by atoms with E-state index in [4.69, 9.17) is 11.6 Å². The van der Waals surface area contributed by atoms with Gasteiger partial charge in [0.2, 0.25) is 5.91 Å². The molecule has 0 fully saturated rings. The van der Waals surface area contributed by atoms with Crippen LogP contribution in [0.5, 0.6) is 0 Å². The molecule has 2 heterocycles. The summed E-state index contributed by atoms with van der Waals surface area (Å²) >= 11 is 6.12. The van der Waals surface area contributed by atoms with E-state index in [0.717, 1.165) is 17.7 Å². The summed E-state index contributed by atoms with van der Waals surface area (Å²) in [7, 11) is 1.69. The number of nitrogens with one attached hydrogen (secondary N) is 1. The molecular formula is C16H17ClN4O2. The molecule has 0 bridgehead atoms. The van der Waals surface area contributed by atoms with E-state index in [1.54, 1.807) is 31.9 Å². The summed E-state index contributed by atoms with van der Waals surface area (Å²) in [5.74, 6) is -0.264. The zero-order valence-electron chi connectivity index (χ0n) is 13.2. The third-order valence-electron chi connectivity index (χ3n) is 3.99. The smallest absolute Gasteiger partial charge is 0.260 e. The molecular weight excluding hydrogens is 316 g/mol. The minimum atomic E-state index is -0.290. The highest BCUT2D eigenvalue weighted by Crippen LogP contribution is 2.31. The van der Waals surface area contributed by atoms with Crippen molar-refractivity contribution in [3.63, 3.8) is 0 Å². The van der Waals surface area contributed by atoms with Crippen LogP contribution in [0.4, 0.5) is 11.4 Å². The van der Waals surface area contributed by atoms with Crippen molar-refractivity contribution in [1.82, 2.24) is 9.78 Å². The van der Waals surface area contributed by atoms with Crippen LogP contribution in [0.1, 0.15) is 28.5 Å². The number of anilines is 2. The van der Waals surface area contributed by atoms with Crippen LogP contribution >= 0.6 is 11.6 Å². The predicted molar refractivity (Wildman–Crippen MR) is 89.1 cm³/mol. The molecule has 1 N–H and O–H groups in total. The van der Waals surface area contributed by atoms with E-state index in [-0.39, 0.29) is 11.8 Å². The molecule has 1 aromatic heterocycles. The van der Waals surface area contributed by atoms with Crippen molar-refractivity contribution >= 4 is 34.8 Å². The second kappa shape index (κ2) is 5.70. The largest absolute Gasteiger partial charge is 0.322 e. The van der Waals surface area contributed by atoms with E-state index in [0.29, 0.717) is 28.6 Å². The standard InChI is InChI=1S/C16H17ClN4O2/c1-9-14(15(17)20(3)19-9)16(23)18-12-4-5-13-11(8-12)6-7-21(13)10(2)22/h4-5,8H,6-7H2,1-3H3,(H,18,23). The van der Waals surface area contributed by atoms with Gasteiger partial charge in [0.15, 0.2) is 0 Å². The highest BCUT2D eigenvalue weighted by Gasteiger charge is 2.23. The number of benzene rings is 1. The van der Waals surface area contributed by atoms with Gasteiger partial charge in [-0.3, -0.25) is 14.3 Å². The van der Waals surface area contributed by atoms with Gasteiger partial charge in [0.1, 0.15) is 5.15 Å². The van der Waals surface area contributed by atoms with Gasteiger partial charge in [-0.2, -0.15) is 5.10 Å². The van der Waals surface area contributed by atoms with Gasteiger partial charge in [-0.05, 0) is 37.1 Å². The molecule has 0 aliphatic carbocycles. The second-order valence-corrected chi connectivity index (χ2v) is 5.95. The predicted octanol–water partition coefficient (Wildman–Crippen LogP) is 2.54. The quantitative estimate of drug-likeness (QED) is 0.919. The lowest BCUT2D eigenvalue weighted by Crippen LogP contribution is -2.25. The second-order valence-electron chi connectivity index (χ2n) is 5.59. The summed E-state index contributed by atoms with van der Waals surface area (Å²) in [5, 5.41) is 7.30. The topological polar surface area (TPSA) is 67.2 Å². The minimum Gasteiger partial charge on any atom is -0.322 e. The zero-order valence-corrected chi connectivity index (χ0v) is 13.9. The Hall–Kier alpha value is -2.34. The van der Waals surface area contributed by atoms with Crippen LogP contribution in [-0.4, -0.2) is 28.1 Å². The molecule has 0 unspecified atom stereocenters. The Morgan fingerprint density at radius 2 is 2.09 bits per heavy atom. The Kier molecular flexibility index (Phi) is 3.85. The summed E-state index contributed by atoms with van der Waals surface area (Å²) in [6, 6.07) is 5.55. The van der Waals surface area contributed by atoms with E-state index in [1.165, 1.54) is 4.68 Å². The number of carbonyl (C=O) groups is 2. The number of rotatable bonds is 2. The number of halogens is 1. The molecule has 120 valence electrons. The van der Waals surface area contributed by atoms with E-state index >= 15 is 0 Å². The molecule has 0 atom stereocenters. The van der Waals surface area contributed by atoms with Crippen molar-refractivity contribution in [2.75, 3.05) is 16.8 Å². The van der Waals surface area contributed by atoms with E-state index in [9.17, 15) is 9.59 Å². The summed E-state index contributed by atoms with van der Waals surface area (Å²) in [6.45, 7) is 3.97. The lowest BCUT2D eigenvalue weighted by molar-refractivity contribution is -0.116. The summed E-state index contributed by atoms with van der Waals surface area (Å²) in [5.41, 5.74) is 3.59. The number of nitrogens with zero attached hydrogens (tertiary/aromatic N) is 3. The average molecular weight is 333 g/mol. The van der Waals surface area contributed by atoms with Gasteiger partial charge in [-0.15, -0.1) is 0 Å². The Labute approximate surface area is 139 Å². The number of hydrogen-bond donors (Lipinski definition) is 1. The van der Waals surface area contributed by atoms with Crippen molar-refractivity contribution in [1.29, 1.82) is 0 Å². The summed E-state index contributed by atoms with van der Waals surface area (Å²) < 4.78 is 1.47. The molecule has 1 aromatic carbocycles. The van der Waals surface area contributed by atoms with Gasteiger partial charge >= 0.3 is 0 Å². The molecule has 0 saturated heterocycles. The lowest BCUT2D eigenvalue weighted by Gasteiger charge is -2.15. The summed E-state index contributed by atoms with van der Waals surface area (Å²) in [6.07, 6.45) is 0.783. The number of hydrogen-bond acceptors (Lipinski definition) is 3. The molecule has 1 aliphatic rings. The third-order valence-corrected chi connectivity index (χ3v) is 4.43. The highest BCUT2D eigenvalue weighted by molar-refractivity contribution is 6.33. The minimum absolute atomic E-state index is 0.0262. The van der Waals surface area contributed by atoms with E-state index in [1.807, 2.05) is 12.1 Å². The average Bonchev–Trinajstić information content (AvgIpc) is 3.00. The van der Waals surface area contributed by atoms with Crippen LogP contribution in [-0.2, 0) is 18.3 Å². The van der Waals surface area contributed by atoms with Crippen LogP contribution in [0.2, 0.25) is 5.15 Å². The fraction of sp³-hybridized carbons (Fsp3) is 0.312. The van der Waals surface area contributed by atoms with Gasteiger partial charge < -0.3 is 10.2 Å². The van der Waals surface area contributed by atoms with Crippen molar-refractivity contribution in [3.8, 4) is 0 Å². The van der Waals surface area contributed by atoms with Gasteiger partial charge in [0.25, 0.3) is 5.91 Å². The van der Waals surface area contributed by atoms with Crippen molar-refractivity contribution in [2.24, 2.45) is 7.05 Å². The third kappa shape index (κ3) is 2.70. The monoisotopic (exact) mass is 332 g/mol. The molecule has 2 aromatic rings. The number of aryl methyl sites for hydroxylation is 2. The lowest BCUT2D eigenvalue weighted by atomic mass is 10.1. The van der Waals surface area contributed by atoms with Crippen molar-refractivity contribution in [2.45, 2.75) is 20.3 Å². The maximum atomic E-state index is 12.4. The van der Waals surface area contributed by atoms with Gasteiger partial charge in [0, 0.05) is 31.9 Å². The van der Waals surface area contributed by atoms with Gasteiger partial charge in [-0.25, -0.2) is 0 Å². The van der Waals surface area contributed by atoms with Crippen LogP contribution in [0.3, 0.4) is 0 Å². The molecule has 0 spiro atoms. The molecule has 7 heteroatoms. The Morgan fingerprint density at radius 1 is 1.35 bits per heavy atom. The first-order valence-corrected chi connectivity index (χ1v) is 7.67. The van der Waals surface area contributed by atoms with E-state index < -0.39 is 0 Å². The first kappa shape index (κ1) is 15.6. The Balaban J connectivity index is 1.84. The maximum absolute atomic E-state index is 12.4. The van der Waals surface area contributed by atoms with Crippen LogP contribution in [0.25, 0.3) is 0 Å². The van der Waals surface area contributed by atoms with Gasteiger partial charge in [0.05, 0.1) is 11.3 Å². The SMILES string of the molecule is CC(=O)N1CCc2cc(NC(=O)c3c(C)nn(C)c3Cl)ccc21. The molecule has 2 amide bonds. The number of fused-ring (bicyclic) bond motifs is 1. The molecule has 0 radical (unpaired) electrons. The first-order valence-electron chi connectivity index (χ1n) is 7.30. The molecule has 1 aliphatic heterocycles. The van der Waals surface area contributed by atoms with Crippen LogP contribution < -0.4 is 10.2 Å². The number of carbonyl (C=O) groups excluding carboxylic acids is 2. The normalized spacial score (nSPS) is 13.1. The number of aromatic nitrogens is 2. The fourth-order valence-corrected chi connectivity index (χ4v) is 3.15. The molecule has 23 heavy (non-hydrogen) atoms.